The number of hydrogen-bond acceptors (Lipinski definition) is 6. The van der Waals surface area contributed by atoms with E-state index in [1.54, 1.807) is 45.7 Å². The van der Waals surface area contributed by atoms with Gasteiger partial charge in [0, 0.05) is 32.0 Å². The Balaban J connectivity index is 1.28. The van der Waals surface area contributed by atoms with Crippen molar-refractivity contribution in [1.82, 2.24) is 24.0 Å². The number of benzene rings is 2. The predicted molar refractivity (Wildman–Crippen MR) is 148 cm³/mol. The van der Waals surface area contributed by atoms with Crippen LogP contribution < -0.4 is 5.69 Å². The summed E-state index contributed by atoms with van der Waals surface area (Å²) in [5.41, 5.74) is 4.73. The van der Waals surface area contributed by atoms with Crippen molar-refractivity contribution in [2.45, 2.75) is 19.0 Å². The Morgan fingerprint density at radius 1 is 0.850 bits per heavy atom. The first-order valence-electron chi connectivity index (χ1n) is 12.8. The van der Waals surface area contributed by atoms with Crippen LogP contribution in [0.1, 0.15) is 38.9 Å². The summed E-state index contributed by atoms with van der Waals surface area (Å²) in [6, 6.07) is 20.9. The molecule has 10 heteroatoms. The van der Waals surface area contributed by atoms with Gasteiger partial charge in [-0.15, -0.1) is 0 Å². The van der Waals surface area contributed by atoms with Crippen molar-refractivity contribution in [3.8, 4) is 16.8 Å². The monoisotopic (exact) mass is 535 g/mol. The summed E-state index contributed by atoms with van der Waals surface area (Å²) in [5.74, 6) is -1.96. The number of carboxylic acid groups (broad SMARTS) is 2. The van der Waals surface area contributed by atoms with Crippen LogP contribution in [0.4, 0.5) is 0 Å². The second-order valence-corrected chi connectivity index (χ2v) is 9.78. The van der Waals surface area contributed by atoms with E-state index in [2.05, 4.69) is 14.9 Å². The van der Waals surface area contributed by atoms with E-state index in [1.807, 2.05) is 36.4 Å². The lowest BCUT2D eigenvalue weighted by molar-refractivity contribution is 0.0686. The molecular formula is C30H25N5O5. The Morgan fingerprint density at radius 2 is 1.55 bits per heavy atom. The number of pyridine rings is 2. The lowest BCUT2D eigenvalue weighted by Crippen LogP contribution is -2.29. The average Bonchev–Trinajstić information content (AvgIpc) is 3.54. The smallest absolute Gasteiger partial charge is 0.335 e. The maximum Gasteiger partial charge on any atom is 0.335 e. The first kappa shape index (κ1) is 25.2. The molecule has 1 aliphatic rings. The van der Waals surface area contributed by atoms with Crippen LogP contribution in [0.25, 0.3) is 28.0 Å². The molecule has 40 heavy (non-hydrogen) atoms. The van der Waals surface area contributed by atoms with Gasteiger partial charge >= 0.3 is 17.6 Å². The number of carbonyl (C=O) groups is 2. The van der Waals surface area contributed by atoms with E-state index in [9.17, 15) is 19.5 Å². The normalized spacial score (nSPS) is 15.4. The van der Waals surface area contributed by atoms with Gasteiger partial charge in [-0.1, -0.05) is 24.3 Å². The Bertz CT molecular complexity index is 1790. The predicted octanol–water partition coefficient (Wildman–Crippen LogP) is 4.09. The van der Waals surface area contributed by atoms with Gasteiger partial charge in [0.05, 0.1) is 34.1 Å². The van der Waals surface area contributed by atoms with E-state index in [1.165, 1.54) is 12.3 Å². The number of carboxylic acids is 2. The van der Waals surface area contributed by atoms with Crippen LogP contribution in [0.5, 0.6) is 0 Å². The number of rotatable bonds is 7. The number of aromatic nitrogens is 4. The molecule has 1 aliphatic heterocycles. The molecule has 5 aromatic rings. The van der Waals surface area contributed by atoms with E-state index < -0.39 is 11.9 Å². The zero-order valence-corrected chi connectivity index (χ0v) is 21.3. The number of fused-ring (bicyclic) bond motifs is 1. The minimum Gasteiger partial charge on any atom is -0.478 e. The summed E-state index contributed by atoms with van der Waals surface area (Å²) in [6.07, 6.45) is 3.94. The van der Waals surface area contributed by atoms with Crippen molar-refractivity contribution in [3.05, 3.63) is 112 Å². The Labute approximate surface area is 228 Å². The summed E-state index contributed by atoms with van der Waals surface area (Å²) >= 11 is 0. The molecule has 0 spiro atoms. The van der Waals surface area contributed by atoms with E-state index in [0.717, 1.165) is 24.1 Å². The van der Waals surface area contributed by atoms with Crippen LogP contribution in [-0.2, 0) is 6.54 Å². The van der Waals surface area contributed by atoms with Crippen molar-refractivity contribution in [2.75, 3.05) is 13.1 Å². The van der Waals surface area contributed by atoms with Crippen molar-refractivity contribution < 1.29 is 19.8 Å². The standard InChI is InChI=1S/C30H25N5O5/c36-28(37)21-5-3-19(4-6-21)20-7-9-24(10-8-20)34-26-2-1-13-32-27(26)35(30(34)40)25-12-15-33(18-25)17-23-16-22(29(38)39)11-14-31-23/h1-11,13-14,16,25H,12,15,17-18H2,(H,36,37)(H,38,39)/t25-/m0/s1. The van der Waals surface area contributed by atoms with Crippen LogP contribution in [0.2, 0.25) is 0 Å². The van der Waals surface area contributed by atoms with Crippen LogP contribution >= 0.6 is 0 Å². The molecule has 0 saturated carbocycles. The zero-order valence-electron chi connectivity index (χ0n) is 21.3. The molecule has 1 saturated heterocycles. The molecule has 4 heterocycles. The van der Waals surface area contributed by atoms with Gasteiger partial charge in [0.1, 0.15) is 0 Å². The lowest BCUT2D eigenvalue weighted by atomic mass is 10.0. The van der Waals surface area contributed by atoms with E-state index in [0.29, 0.717) is 35.6 Å². The van der Waals surface area contributed by atoms with Gasteiger partial charge in [-0.2, -0.15) is 0 Å². The van der Waals surface area contributed by atoms with Gasteiger partial charge < -0.3 is 10.2 Å². The fourth-order valence-corrected chi connectivity index (χ4v) is 5.33. The van der Waals surface area contributed by atoms with Crippen molar-refractivity contribution in [3.63, 3.8) is 0 Å². The topological polar surface area (TPSA) is 131 Å². The second-order valence-electron chi connectivity index (χ2n) is 9.78. The van der Waals surface area contributed by atoms with Crippen LogP contribution in [0.3, 0.4) is 0 Å². The number of aromatic carboxylic acids is 2. The molecule has 0 bridgehead atoms. The molecule has 6 rings (SSSR count). The molecule has 0 unspecified atom stereocenters. The quantitative estimate of drug-likeness (QED) is 0.319. The number of likely N-dealkylation sites (tertiary alicyclic amines) is 1. The molecule has 200 valence electrons. The largest absolute Gasteiger partial charge is 0.478 e. The van der Waals surface area contributed by atoms with E-state index in [4.69, 9.17) is 5.11 Å². The van der Waals surface area contributed by atoms with Crippen LogP contribution in [-0.4, -0.2) is 59.2 Å². The van der Waals surface area contributed by atoms with Crippen LogP contribution in [0.15, 0.2) is 90.0 Å². The fourth-order valence-electron chi connectivity index (χ4n) is 5.33. The Hall–Kier alpha value is -5.09. The molecule has 0 radical (unpaired) electrons. The van der Waals surface area contributed by atoms with Gasteiger partial charge in [0.2, 0.25) is 0 Å². The SMILES string of the molecule is O=C(O)c1ccc(-c2ccc(-n3c(=O)n([C@H]4CCN(Cc5cc(C(=O)O)ccn5)C4)c4ncccc43)cc2)cc1. The van der Waals surface area contributed by atoms with Gasteiger partial charge in [-0.05, 0) is 66.1 Å². The molecule has 1 atom stereocenters. The third-order valence-electron chi connectivity index (χ3n) is 7.28. The van der Waals surface area contributed by atoms with Gasteiger partial charge in [-0.3, -0.25) is 19.0 Å². The second kappa shape index (κ2) is 10.2. The summed E-state index contributed by atoms with van der Waals surface area (Å²) in [5, 5.41) is 18.4. The lowest BCUT2D eigenvalue weighted by Gasteiger charge is -2.16. The first-order chi connectivity index (χ1) is 19.4. The highest BCUT2D eigenvalue weighted by molar-refractivity contribution is 5.88. The Morgan fingerprint density at radius 3 is 2.25 bits per heavy atom. The zero-order chi connectivity index (χ0) is 27.8. The first-order valence-corrected chi connectivity index (χ1v) is 12.8. The highest BCUT2D eigenvalue weighted by Crippen LogP contribution is 2.27. The summed E-state index contributed by atoms with van der Waals surface area (Å²) in [4.78, 5) is 47.4. The molecule has 10 nitrogen and oxygen atoms in total. The van der Waals surface area contributed by atoms with Gasteiger partial charge in [-0.25, -0.2) is 19.4 Å². The molecular weight excluding hydrogens is 510 g/mol. The van der Waals surface area contributed by atoms with Crippen molar-refractivity contribution >= 4 is 23.1 Å². The number of imidazole rings is 1. The molecule has 0 amide bonds. The Kier molecular flexibility index (Phi) is 6.45. The van der Waals surface area contributed by atoms with Gasteiger partial charge in [0.15, 0.2) is 5.65 Å². The highest BCUT2D eigenvalue weighted by Gasteiger charge is 2.29. The molecule has 2 N–H and O–H groups in total. The van der Waals surface area contributed by atoms with E-state index in [-0.39, 0.29) is 22.9 Å². The number of hydrogen-bond donors (Lipinski definition) is 2. The van der Waals surface area contributed by atoms with Crippen molar-refractivity contribution in [2.24, 2.45) is 0 Å². The summed E-state index contributed by atoms with van der Waals surface area (Å²) in [7, 11) is 0. The summed E-state index contributed by atoms with van der Waals surface area (Å²) in [6.45, 7) is 1.85. The highest BCUT2D eigenvalue weighted by atomic mass is 16.4. The third-order valence-corrected chi connectivity index (χ3v) is 7.28. The fraction of sp³-hybridized carbons (Fsp3) is 0.167. The minimum absolute atomic E-state index is 0.0965. The number of nitrogens with zero attached hydrogens (tertiary/aromatic N) is 5. The molecule has 3 aromatic heterocycles. The van der Waals surface area contributed by atoms with Gasteiger partial charge in [0.25, 0.3) is 0 Å². The van der Waals surface area contributed by atoms with Crippen LogP contribution in [0, 0.1) is 0 Å². The summed E-state index contributed by atoms with van der Waals surface area (Å²) < 4.78 is 3.43. The minimum atomic E-state index is -0.988. The maximum atomic E-state index is 13.9. The molecule has 2 aromatic carbocycles. The molecule has 1 fully saturated rings. The van der Waals surface area contributed by atoms with E-state index >= 15 is 0 Å². The maximum absolute atomic E-state index is 13.9. The molecule has 0 aliphatic carbocycles. The van der Waals surface area contributed by atoms with Crippen molar-refractivity contribution in [1.29, 1.82) is 0 Å². The third kappa shape index (κ3) is 4.65. The average molecular weight is 536 g/mol.